The summed E-state index contributed by atoms with van der Waals surface area (Å²) in [5, 5.41) is 9.50. The largest absolute Gasteiger partial charge is 0.387 e. The van der Waals surface area contributed by atoms with Crippen molar-refractivity contribution in [2.45, 2.75) is 26.1 Å². The fourth-order valence-corrected chi connectivity index (χ4v) is 1.75. The number of rotatable bonds is 4. The second-order valence-electron chi connectivity index (χ2n) is 3.77. The third-order valence-electron chi connectivity index (χ3n) is 2.56. The summed E-state index contributed by atoms with van der Waals surface area (Å²) in [6.45, 7) is -0.756. The van der Waals surface area contributed by atoms with Gasteiger partial charge in [0, 0.05) is 24.3 Å². The van der Waals surface area contributed by atoms with Gasteiger partial charge < -0.3 is 9.67 Å². The number of aliphatic hydroxyl groups is 1. The Morgan fingerprint density at radius 2 is 2.18 bits per heavy atom. The van der Waals surface area contributed by atoms with Crippen LogP contribution in [0.3, 0.4) is 0 Å². The fraction of sp³-hybridized carbons (Fsp3) is 0.364. The lowest BCUT2D eigenvalue weighted by molar-refractivity contribution is 0.0666. The maximum atomic E-state index is 12.6. The summed E-state index contributed by atoms with van der Waals surface area (Å²) in [6, 6.07) is 3.51. The highest BCUT2D eigenvalue weighted by atomic mass is 19.3. The first kappa shape index (κ1) is 11.8. The molecule has 6 heteroatoms. The van der Waals surface area contributed by atoms with E-state index in [4.69, 9.17) is 0 Å². The minimum atomic E-state index is -2.60. The molecule has 2 heterocycles. The maximum absolute atomic E-state index is 12.6. The Bertz CT molecular complexity index is 446. The van der Waals surface area contributed by atoms with Crippen LogP contribution in [-0.4, -0.2) is 19.2 Å². The summed E-state index contributed by atoms with van der Waals surface area (Å²) < 4.78 is 27.7. The van der Waals surface area contributed by atoms with E-state index in [2.05, 4.69) is 4.98 Å². The number of nitrogens with zero attached hydrogens (tertiary/aromatic N) is 3. The van der Waals surface area contributed by atoms with Gasteiger partial charge in [0.2, 0.25) is 0 Å². The molecule has 0 aliphatic rings. The Labute approximate surface area is 97.1 Å². The van der Waals surface area contributed by atoms with Crippen molar-refractivity contribution in [3.8, 4) is 0 Å². The van der Waals surface area contributed by atoms with Crippen LogP contribution >= 0.6 is 0 Å². The van der Waals surface area contributed by atoms with Crippen molar-refractivity contribution in [2.24, 2.45) is 0 Å². The number of alkyl halides is 2. The van der Waals surface area contributed by atoms with Crippen LogP contribution in [0.4, 0.5) is 8.78 Å². The Balaban J connectivity index is 2.25. The topological polar surface area (TPSA) is 43.0 Å². The van der Waals surface area contributed by atoms with Crippen molar-refractivity contribution in [3.63, 3.8) is 0 Å². The smallest absolute Gasteiger partial charge is 0.319 e. The van der Waals surface area contributed by atoms with Crippen LogP contribution in [0.2, 0.25) is 0 Å². The van der Waals surface area contributed by atoms with Gasteiger partial charge in [-0.25, -0.2) is 4.98 Å². The monoisotopic (exact) mass is 241 g/mol. The minimum Gasteiger partial charge on any atom is -0.387 e. The standard InChI is InChI=1S/C11H13F2N3O/c1-8(17)9-3-2-5-15(9)7-10-14-4-6-16(10)11(12)13/h2-6,8,11,17H,7H2,1H3. The fourth-order valence-electron chi connectivity index (χ4n) is 1.75. The molecular weight excluding hydrogens is 228 g/mol. The molecule has 92 valence electrons. The normalized spacial score (nSPS) is 13.2. The summed E-state index contributed by atoms with van der Waals surface area (Å²) in [4.78, 5) is 3.89. The van der Waals surface area contributed by atoms with Gasteiger partial charge in [-0.2, -0.15) is 8.78 Å². The molecule has 0 aromatic carbocycles. The second kappa shape index (κ2) is 4.67. The highest BCUT2D eigenvalue weighted by Gasteiger charge is 2.13. The van der Waals surface area contributed by atoms with Crippen LogP contribution in [0.25, 0.3) is 0 Å². The van der Waals surface area contributed by atoms with Gasteiger partial charge in [0.25, 0.3) is 0 Å². The molecule has 1 unspecified atom stereocenters. The third-order valence-corrected chi connectivity index (χ3v) is 2.56. The van der Waals surface area contributed by atoms with Crippen molar-refractivity contribution in [1.82, 2.24) is 14.1 Å². The number of aromatic nitrogens is 3. The minimum absolute atomic E-state index is 0.213. The van der Waals surface area contributed by atoms with Crippen molar-refractivity contribution in [3.05, 3.63) is 42.2 Å². The average molecular weight is 241 g/mol. The SMILES string of the molecule is CC(O)c1cccn1Cc1nccn1C(F)F. The van der Waals surface area contributed by atoms with Gasteiger partial charge in [-0.1, -0.05) is 0 Å². The highest BCUT2D eigenvalue weighted by molar-refractivity contribution is 5.11. The maximum Gasteiger partial charge on any atom is 0.319 e. The zero-order valence-electron chi connectivity index (χ0n) is 9.29. The molecule has 2 rings (SSSR count). The predicted molar refractivity (Wildman–Crippen MR) is 57.6 cm³/mol. The van der Waals surface area contributed by atoms with Gasteiger partial charge in [-0.3, -0.25) is 4.57 Å². The van der Waals surface area contributed by atoms with E-state index in [9.17, 15) is 13.9 Å². The first-order valence-electron chi connectivity index (χ1n) is 5.22. The highest BCUT2D eigenvalue weighted by Crippen LogP contribution is 2.17. The molecule has 1 N–H and O–H groups in total. The average Bonchev–Trinajstić information content (AvgIpc) is 2.86. The number of hydrogen-bond donors (Lipinski definition) is 1. The van der Waals surface area contributed by atoms with Crippen molar-refractivity contribution in [1.29, 1.82) is 0 Å². The lowest BCUT2D eigenvalue weighted by Gasteiger charge is -2.12. The van der Waals surface area contributed by atoms with Crippen LogP contribution < -0.4 is 0 Å². The van der Waals surface area contributed by atoms with Gasteiger partial charge in [0.1, 0.15) is 5.82 Å². The van der Waals surface area contributed by atoms with Gasteiger partial charge >= 0.3 is 6.55 Å². The number of halogens is 2. The first-order valence-corrected chi connectivity index (χ1v) is 5.22. The molecular formula is C11H13F2N3O. The molecule has 2 aromatic heterocycles. The molecule has 4 nitrogen and oxygen atoms in total. The molecule has 0 aliphatic carbocycles. The Morgan fingerprint density at radius 3 is 2.82 bits per heavy atom. The van der Waals surface area contributed by atoms with Crippen LogP contribution in [-0.2, 0) is 6.54 Å². The molecule has 0 bridgehead atoms. The summed E-state index contributed by atoms with van der Waals surface area (Å²) in [7, 11) is 0. The molecule has 0 amide bonds. The summed E-state index contributed by atoms with van der Waals surface area (Å²) in [6.07, 6.45) is 3.67. The van der Waals surface area contributed by atoms with E-state index in [0.717, 1.165) is 4.57 Å². The Morgan fingerprint density at radius 1 is 1.41 bits per heavy atom. The molecule has 0 aliphatic heterocycles. The number of hydrogen-bond acceptors (Lipinski definition) is 2. The predicted octanol–water partition coefficient (Wildman–Crippen LogP) is 2.18. The van der Waals surface area contributed by atoms with Gasteiger partial charge in [0.15, 0.2) is 0 Å². The van der Waals surface area contributed by atoms with Crippen LogP contribution in [0.1, 0.15) is 31.1 Å². The van der Waals surface area contributed by atoms with Crippen LogP contribution in [0.15, 0.2) is 30.7 Å². The van der Waals surface area contributed by atoms with Crippen molar-refractivity contribution in [2.75, 3.05) is 0 Å². The van der Waals surface area contributed by atoms with Gasteiger partial charge in [0.05, 0.1) is 12.6 Å². The van der Waals surface area contributed by atoms with E-state index in [1.807, 2.05) is 0 Å². The van der Waals surface area contributed by atoms with Gasteiger partial charge in [-0.05, 0) is 19.1 Å². The molecule has 0 saturated heterocycles. The molecule has 2 aromatic rings. The molecule has 17 heavy (non-hydrogen) atoms. The molecule has 1 atom stereocenters. The second-order valence-corrected chi connectivity index (χ2v) is 3.77. The molecule has 0 saturated carbocycles. The van der Waals surface area contributed by atoms with Crippen molar-refractivity contribution < 1.29 is 13.9 Å². The summed E-state index contributed by atoms with van der Waals surface area (Å²) in [5.41, 5.74) is 0.675. The quantitative estimate of drug-likeness (QED) is 0.891. The van der Waals surface area contributed by atoms with Crippen LogP contribution in [0.5, 0.6) is 0 Å². The number of imidazole rings is 1. The van der Waals surface area contributed by atoms with E-state index >= 15 is 0 Å². The zero-order chi connectivity index (χ0) is 12.4. The summed E-state index contributed by atoms with van der Waals surface area (Å²) >= 11 is 0. The Kier molecular flexibility index (Phi) is 3.23. The van der Waals surface area contributed by atoms with E-state index in [0.29, 0.717) is 5.69 Å². The number of aliphatic hydroxyl groups excluding tert-OH is 1. The summed E-state index contributed by atoms with van der Waals surface area (Å²) in [5.74, 6) is 0.262. The van der Waals surface area contributed by atoms with E-state index in [-0.39, 0.29) is 12.4 Å². The van der Waals surface area contributed by atoms with Crippen LogP contribution in [0, 0.1) is 0 Å². The van der Waals surface area contributed by atoms with E-state index < -0.39 is 12.7 Å². The lowest BCUT2D eigenvalue weighted by atomic mass is 10.3. The van der Waals surface area contributed by atoms with Crippen molar-refractivity contribution >= 4 is 0 Å². The molecule has 0 spiro atoms. The molecule has 0 fully saturated rings. The zero-order valence-corrected chi connectivity index (χ0v) is 9.29. The van der Waals surface area contributed by atoms with E-state index in [1.54, 1.807) is 29.8 Å². The molecule has 0 radical (unpaired) electrons. The van der Waals surface area contributed by atoms with Gasteiger partial charge in [-0.15, -0.1) is 0 Å². The Hall–Kier alpha value is -1.69. The van der Waals surface area contributed by atoms with E-state index in [1.165, 1.54) is 12.4 Å². The lowest BCUT2D eigenvalue weighted by Crippen LogP contribution is -2.11. The first-order chi connectivity index (χ1) is 8.09. The third kappa shape index (κ3) is 2.36.